The van der Waals surface area contributed by atoms with Crippen molar-refractivity contribution < 1.29 is 14.3 Å². The number of carbonyl (C=O) groups is 1. The highest BCUT2D eigenvalue weighted by molar-refractivity contribution is 5.83. The van der Waals surface area contributed by atoms with Crippen LogP contribution in [0.5, 0.6) is 0 Å². The second-order valence-corrected chi connectivity index (χ2v) is 3.81. The molecule has 2 rings (SSSR count). The summed E-state index contributed by atoms with van der Waals surface area (Å²) >= 11 is 0. The van der Waals surface area contributed by atoms with Crippen LogP contribution in [0.2, 0.25) is 0 Å². The molecule has 0 radical (unpaired) electrons. The number of fused-ring (bicyclic) bond motifs is 1. The second kappa shape index (κ2) is 3.96. The number of aliphatic carboxylic acids is 1. The molecular formula is C12H12FNO2. The number of aryl methyl sites for hydroxylation is 2. The van der Waals surface area contributed by atoms with Gasteiger partial charge in [0.05, 0.1) is 6.42 Å². The minimum absolute atomic E-state index is 0.0700. The van der Waals surface area contributed by atoms with Crippen LogP contribution in [0.25, 0.3) is 10.9 Å². The van der Waals surface area contributed by atoms with Crippen LogP contribution in [0, 0.1) is 12.7 Å². The summed E-state index contributed by atoms with van der Waals surface area (Å²) < 4.78 is 14.9. The highest BCUT2D eigenvalue weighted by atomic mass is 19.1. The number of carboxylic acids is 1. The lowest BCUT2D eigenvalue weighted by molar-refractivity contribution is -0.137. The highest BCUT2D eigenvalue weighted by Gasteiger charge is 2.07. The molecule has 0 aliphatic carbocycles. The molecule has 2 aromatic rings. The van der Waals surface area contributed by atoms with E-state index in [1.165, 1.54) is 12.1 Å². The first kappa shape index (κ1) is 10.7. The van der Waals surface area contributed by atoms with E-state index in [1.54, 1.807) is 6.07 Å². The average Bonchev–Trinajstić information content (AvgIpc) is 2.53. The number of benzene rings is 1. The molecule has 16 heavy (non-hydrogen) atoms. The van der Waals surface area contributed by atoms with E-state index in [2.05, 4.69) is 0 Å². The molecule has 0 fully saturated rings. The number of aromatic nitrogens is 1. The Labute approximate surface area is 92.1 Å². The minimum atomic E-state index is -0.832. The summed E-state index contributed by atoms with van der Waals surface area (Å²) in [6.45, 7) is 2.30. The van der Waals surface area contributed by atoms with Gasteiger partial charge < -0.3 is 9.67 Å². The van der Waals surface area contributed by atoms with E-state index in [4.69, 9.17) is 5.11 Å². The summed E-state index contributed by atoms with van der Waals surface area (Å²) in [6, 6.07) is 4.54. The summed E-state index contributed by atoms with van der Waals surface area (Å²) in [5.74, 6) is -1.10. The van der Waals surface area contributed by atoms with Gasteiger partial charge in [0, 0.05) is 23.6 Å². The van der Waals surface area contributed by atoms with Crippen molar-refractivity contribution in [2.45, 2.75) is 19.9 Å². The molecule has 0 saturated heterocycles. The largest absolute Gasteiger partial charge is 0.481 e. The van der Waals surface area contributed by atoms with Gasteiger partial charge in [0.2, 0.25) is 0 Å². The standard InChI is InChI=1S/C12H12FNO2/c1-8-7-14(5-4-12(15)16)11-3-2-9(13)6-10(8)11/h2-3,6-7H,4-5H2,1H3,(H,15,16). The summed E-state index contributed by atoms with van der Waals surface area (Å²) in [7, 11) is 0. The Morgan fingerprint density at radius 2 is 2.25 bits per heavy atom. The molecule has 0 amide bonds. The van der Waals surface area contributed by atoms with Gasteiger partial charge in [-0.15, -0.1) is 0 Å². The van der Waals surface area contributed by atoms with E-state index in [0.29, 0.717) is 6.54 Å². The maximum atomic E-state index is 13.0. The van der Waals surface area contributed by atoms with E-state index >= 15 is 0 Å². The van der Waals surface area contributed by atoms with E-state index < -0.39 is 5.97 Å². The molecule has 4 heteroatoms. The number of hydrogen-bond acceptors (Lipinski definition) is 1. The first-order valence-electron chi connectivity index (χ1n) is 5.05. The molecule has 0 spiro atoms. The van der Waals surface area contributed by atoms with Crippen LogP contribution < -0.4 is 0 Å². The second-order valence-electron chi connectivity index (χ2n) is 3.81. The van der Waals surface area contributed by atoms with E-state index in [0.717, 1.165) is 16.5 Å². The first-order valence-corrected chi connectivity index (χ1v) is 5.05. The zero-order chi connectivity index (χ0) is 11.7. The topological polar surface area (TPSA) is 42.2 Å². The molecule has 0 saturated carbocycles. The zero-order valence-electron chi connectivity index (χ0n) is 8.90. The molecule has 1 aromatic carbocycles. The van der Waals surface area contributed by atoms with Gasteiger partial charge in [0.25, 0.3) is 0 Å². The third-order valence-corrected chi connectivity index (χ3v) is 2.61. The smallest absolute Gasteiger partial charge is 0.305 e. The van der Waals surface area contributed by atoms with Crippen molar-refractivity contribution in [3.63, 3.8) is 0 Å². The van der Waals surface area contributed by atoms with Crippen molar-refractivity contribution in [1.82, 2.24) is 4.57 Å². The number of carboxylic acid groups (broad SMARTS) is 1. The number of nitrogens with zero attached hydrogens (tertiary/aromatic N) is 1. The lowest BCUT2D eigenvalue weighted by Gasteiger charge is -2.02. The van der Waals surface area contributed by atoms with E-state index in [9.17, 15) is 9.18 Å². The van der Waals surface area contributed by atoms with Crippen molar-refractivity contribution in [2.24, 2.45) is 0 Å². The molecule has 1 aromatic heterocycles. The van der Waals surface area contributed by atoms with Crippen molar-refractivity contribution in [1.29, 1.82) is 0 Å². The van der Waals surface area contributed by atoms with Crippen LogP contribution in [-0.2, 0) is 11.3 Å². The lowest BCUT2D eigenvalue weighted by Crippen LogP contribution is -2.03. The summed E-state index contributed by atoms with van der Waals surface area (Å²) in [6.07, 6.45) is 1.92. The average molecular weight is 221 g/mol. The summed E-state index contributed by atoms with van der Waals surface area (Å²) in [5.41, 5.74) is 1.83. The van der Waals surface area contributed by atoms with Gasteiger partial charge >= 0.3 is 5.97 Å². The Morgan fingerprint density at radius 1 is 1.50 bits per heavy atom. The van der Waals surface area contributed by atoms with Gasteiger partial charge in [-0.3, -0.25) is 4.79 Å². The van der Waals surface area contributed by atoms with Gasteiger partial charge in [0.1, 0.15) is 5.82 Å². The molecule has 0 atom stereocenters. The normalized spacial score (nSPS) is 10.9. The van der Waals surface area contributed by atoms with Crippen LogP contribution in [0.4, 0.5) is 4.39 Å². The Balaban J connectivity index is 2.43. The molecular weight excluding hydrogens is 209 g/mol. The number of rotatable bonds is 3. The van der Waals surface area contributed by atoms with Crippen molar-refractivity contribution >= 4 is 16.9 Å². The van der Waals surface area contributed by atoms with E-state index in [-0.39, 0.29) is 12.2 Å². The molecule has 1 N–H and O–H groups in total. The monoisotopic (exact) mass is 221 g/mol. The van der Waals surface area contributed by atoms with Gasteiger partial charge in [0.15, 0.2) is 0 Å². The zero-order valence-corrected chi connectivity index (χ0v) is 8.90. The number of hydrogen-bond donors (Lipinski definition) is 1. The van der Waals surface area contributed by atoms with Crippen molar-refractivity contribution in [3.8, 4) is 0 Å². The maximum absolute atomic E-state index is 13.0. The van der Waals surface area contributed by atoms with Crippen LogP contribution in [0.15, 0.2) is 24.4 Å². The van der Waals surface area contributed by atoms with Crippen molar-refractivity contribution in [3.05, 3.63) is 35.8 Å². The molecule has 3 nitrogen and oxygen atoms in total. The number of halogens is 1. The highest BCUT2D eigenvalue weighted by Crippen LogP contribution is 2.21. The molecule has 0 aliphatic rings. The fourth-order valence-electron chi connectivity index (χ4n) is 1.85. The quantitative estimate of drug-likeness (QED) is 0.865. The van der Waals surface area contributed by atoms with E-state index in [1.807, 2.05) is 17.7 Å². The summed E-state index contributed by atoms with van der Waals surface area (Å²) in [4.78, 5) is 10.5. The predicted molar refractivity (Wildman–Crippen MR) is 58.9 cm³/mol. The fourth-order valence-corrected chi connectivity index (χ4v) is 1.85. The Hall–Kier alpha value is -1.84. The van der Waals surface area contributed by atoms with Crippen LogP contribution >= 0.6 is 0 Å². The van der Waals surface area contributed by atoms with Gasteiger partial charge in [-0.1, -0.05) is 0 Å². The van der Waals surface area contributed by atoms with Gasteiger partial charge in [-0.25, -0.2) is 4.39 Å². The molecule has 1 heterocycles. The van der Waals surface area contributed by atoms with Crippen molar-refractivity contribution in [2.75, 3.05) is 0 Å². The van der Waals surface area contributed by atoms with Crippen LogP contribution in [-0.4, -0.2) is 15.6 Å². The Kier molecular flexibility index (Phi) is 2.64. The summed E-state index contributed by atoms with van der Waals surface area (Å²) in [5, 5.41) is 9.46. The van der Waals surface area contributed by atoms with Gasteiger partial charge in [-0.2, -0.15) is 0 Å². The predicted octanol–water partition coefficient (Wildman–Crippen LogP) is 2.56. The van der Waals surface area contributed by atoms with Crippen LogP contribution in [0.3, 0.4) is 0 Å². The van der Waals surface area contributed by atoms with Crippen LogP contribution in [0.1, 0.15) is 12.0 Å². The molecule has 0 bridgehead atoms. The van der Waals surface area contributed by atoms with Gasteiger partial charge in [-0.05, 0) is 30.7 Å². The minimum Gasteiger partial charge on any atom is -0.481 e. The molecule has 0 aliphatic heterocycles. The first-order chi connectivity index (χ1) is 7.58. The molecule has 0 unspecified atom stereocenters. The Morgan fingerprint density at radius 3 is 2.94 bits per heavy atom. The third kappa shape index (κ3) is 1.91. The lowest BCUT2D eigenvalue weighted by atomic mass is 10.2. The SMILES string of the molecule is Cc1cn(CCC(=O)O)c2ccc(F)cc12. The fraction of sp³-hybridized carbons (Fsp3) is 0.250. The maximum Gasteiger partial charge on any atom is 0.305 e. The third-order valence-electron chi connectivity index (χ3n) is 2.61. The Bertz CT molecular complexity index is 545. The molecule has 84 valence electrons.